The lowest BCUT2D eigenvalue weighted by Gasteiger charge is -2.26. The molecule has 9 heteroatoms. The van der Waals surface area contributed by atoms with Crippen LogP contribution in [0.4, 0.5) is 5.69 Å². The highest BCUT2D eigenvalue weighted by molar-refractivity contribution is 7.80. The van der Waals surface area contributed by atoms with Gasteiger partial charge in [-0.1, -0.05) is 0 Å². The number of nitrogens with one attached hydrogen (secondary N) is 4. The molecule has 0 amide bonds. The zero-order valence-electron chi connectivity index (χ0n) is 15.0. The second kappa shape index (κ2) is 11.8. The quantitative estimate of drug-likeness (QED) is 0.311. The SMILES string of the molecule is CCOc1ccc(NC(=S)NNC(=S)NCCCN2CCOCC2)cc1. The highest BCUT2D eigenvalue weighted by Gasteiger charge is 2.09. The molecule has 0 spiro atoms. The van der Waals surface area contributed by atoms with Gasteiger partial charge < -0.3 is 20.1 Å². The van der Waals surface area contributed by atoms with Crippen LogP contribution in [0.5, 0.6) is 5.75 Å². The molecule has 1 aliphatic heterocycles. The molecule has 144 valence electrons. The molecule has 1 aliphatic rings. The van der Waals surface area contributed by atoms with Crippen LogP contribution in [0.2, 0.25) is 0 Å². The second-order valence-electron chi connectivity index (χ2n) is 5.72. The molecule has 2 rings (SSSR count). The maximum absolute atomic E-state index is 5.41. The van der Waals surface area contributed by atoms with Crippen LogP contribution in [0.1, 0.15) is 13.3 Å². The van der Waals surface area contributed by atoms with Crippen LogP contribution in [-0.4, -0.2) is 61.1 Å². The Morgan fingerprint density at radius 1 is 1.12 bits per heavy atom. The fraction of sp³-hybridized carbons (Fsp3) is 0.529. The Balaban J connectivity index is 1.55. The smallest absolute Gasteiger partial charge is 0.189 e. The molecule has 1 aromatic carbocycles. The molecular formula is C17H27N5O2S2. The lowest BCUT2D eigenvalue weighted by Crippen LogP contribution is -2.48. The van der Waals surface area contributed by atoms with E-state index in [2.05, 4.69) is 26.4 Å². The maximum Gasteiger partial charge on any atom is 0.189 e. The van der Waals surface area contributed by atoms with Gasteiger partial charge in [0, 0.05) is 25.3 Å². The van der Waals surface area contributed by atoms with Crippen LogP contribution in [0.15, 0.2) is 24.3 Å². The molecule has 26 heavy (non-hydrogen) atoms. The number of hydrogen-bond donors (Lipinski definition) is 4. The van der Waals surface area contributed by atoms with Crippen LogP contribution in [0.3, 0.4) is 0 Å². The molecule has 0 bridgehead atoms. The third kappa shape index (κ3) is 8.13. The van der Waals surface area contributed by atoms with E-state index < -0.39 is 0 Å². The van der Waals surface area contributed by atoms with E-state index >= 15 is 0 Å². The molecule has 0 atom stereocenters. The van der Waals surface area contributed by atoms with E-state index in [0.29, 0.717) is 16.8 Å². The van der Waals surface area contributed by atoms with Crippen molar-refractivity contribution >= 4 is 40.3 Å². The number of hydrogen-bond acceptors (Lipinski definition) is 5. The minimum Gasteiger partial charge on any atom is -0.494 e. The average molecular weight is 398 g/mol. The summed E-state index contributed by atoms with van der Waals surface area (Å²) in [6.45, 7) is 8.13. The Labute approximate surface area is 165 Å². The first kappa shape index (κ1) is 20.6. The summed E-state index contributed by atoms with van der Waals surface area (Å²) < 4.78 is 10.7. The summed E-state index contributed by atoms with van der Waals surface area (Å²) >= 11 is 10.5. The normalized spacial score (nSPS) is 14.3. The van der Waals surface area contributed by atoms with Gasteiger partial charge in [0.1, 0.15) is 5.75 Å². The Morgan fingerprint density at radius 3 is 2.50 bits per heavy atom. The largest absolute Gasteiger partial charge is 0.494 e. The Bertz CT molecular complexity index is 565. The zero-order valence-corrected chi connectivity index (χ0v) is 16.7. The van der Waals surface area contributed by atoms with E-state index in [4.69, 9.17) is 33.9 Å². The zero-order chi connectivity index (χ0) is 18.6. The topological polar surface area (TPSA) is 69.8 Å². The van der Waals surface area contributed by atoms with Crippen molar-refractivity contribution in [1.29, 1.82) is 0 Å². The summed E-state index contributed by atoms with van der Waals surface area (Å²) in [6.07, 6.45) is 1.02. The first-order chi connectivity index (χ1) is 12.7. The third-order valence-corrected chi connectivity index (χ3v) is 4.20. The van der Waals surface area contributed by atoms with Gasteiger partial charge in [-0.25, -0.2) is 0 Å². The van der Waals surface area contributed by atoms with Crippen molar-refractivity contribution in [2.45, 2.75) is 13.3 Å². The minimum absolute atomic E-state index is 0.437. The molecule has 0 radical (unpaired) electrons. The predicted molar refractivity (Wildman–Crippen MR) is 113 cm³/mol. The van der Waals surface area contributed by atoms with Crippen molar-refractivity contribution in [1.82, 2.24) is 21.1 Å². The minimum atomic E-state index is 0.437. The average Bonchev–Trinajstić information content (AvgIpc) is 2.66. The van der Waals surface area contributed by atoms with Gasteiger partial charge in [-0.05, 0) is 68.6 Å². The van der Waals surface area contributed by atoms with Gasteiger partial charge in [0.25, 0.3) is 0 Å². The van der Waals surface area contributed by atoms with E-state index in [1.807, 2.05) is 31.2 Å². The molecule has 1 heterocycles. The monoisotopic (exact) mass is 397 g/mol. The van der Waals surface area contributed by atoms with Crippen LogP contribution in [0, 0.1) is 0 Å². The first-order valence-corrected chi connectivity index (χ1v) is 9.63. The van der Waals surface area contributed by atoms with Crippen molar-refractivity contribution < 1.29 is 9.47 Å². The van der Waals surface area contributed by atoms with Gasteiger partial charge >= 0.3 is 0 Å². The Morgan fingerprint density at radius 2 is 1.81 bits per heavy atom. The molecule has 7 nitrogen and oxygen atoms in total. The summed E-state index contributed by atoms with van der Waals surface area (Å²) in [5.74, 6) is 0.831. The molecule has 0 saturated carbocycles. The summed E-state index contributed by atoms with van der Waals surface area (Å²) in [5.41, 5.74) is 6.62. The molecule has 0 aliphatic carbocycles. The van der Waals surface area contributed by atoms with E-state index in [1.54, 1.807) is 0 Å². The number of benzene rings is 1. The van der Waals surface area contributed by atoms with Crippen LogP contribution < -0.4 is 26.2 Å². The number of nitrogens with zero attached hydrogens (tertiary/aromatic N) is 1. The summed E-state index contributed by atoms with van der Waals surface area (Å²) in [4.78, 5) is 2.40. The molecule has 1 saturated heterocycles. The fourth-order valence-corrected chi connectivity index (χ4v) is 2.77. The van der Waals surface area contributed by atoms with Crippen LogP contribution in [0.25, 0.3) is 0 Å². The van der Waals surface area contributed by atoms with Gasteiger partial charge in [0.2, 0.25) is 0 Å². The first-order valence-electron chi connectivity index (χ1n) is 8.81. The number of morpholine rings is 1. The van der Waals surface area contributed by atoms with E-state index in [1.165, 1.54) is 0 Å². The number of thiocarbonyl (C=S) groups is 2. The van der Waals surface area contributed by atoms with Gasteiger partial charge in [-0.15, -0.1) is 0 Å². The van der Waals surface area contributed by atoms with Crippen molar-refractivity contribution in [2.75, 3.05) is 51.3 Å². The van der Waals surface area contributed by atoms with E-state index in [9.17, 15) is 0 Å². The molecule has 0 aromatic heterocycles. The number of ether oxygens (including phenoxy) is 2. The van der Waals surface area contributed by atoms with Crippen molar-refractivity contribution in [3.8, 4) is 5.75 Å². The van der Waals surface area contributed by atoms with Gasteiger partial charge in [-0.2, -0.15) is 0 Å². The van der Waals surface area contributed by atoms with Gasteiger partial charge in [0.15, 0.2) is 10.2 Å². The van der Waals surface area contributed by atoms with Crippen molar-refractivity contribution in [3.05, 3.63) is 24.3 Å². The lowest BCUT2D eigenvalue weighted by molar-refractivity contribution is 0.0376. The molecule has 0 unspecified atom stereocenters. The predicted octanol–water partition coefficient (Wildman–Crippen LogP) is 1.47. The van der Waals surface area contributed by atoms with Crippen LogP contribution >= 0.6 is 24.4 Å². The lowest BCUT2D eigenvalue weighted by atomic mass is 10.3. The van der Waals surface area contributed by atoms with Gasteiger partial charge in [0.05, 0.1) is 19.8 Å². The second-order valence-corrected chi connectivity index (χ2v) is 6.54. The molecule has 1 aromatic rings. The third-order valence-electron chi connectivity index (χ3n) is 3.75. The fourth-order valence-electron chi connectivity index (χ4n) is 2.45. The Kier molecular flexibility index (Phi) is 9.40. The summed E-state index contributed by atoms with van der Waals surface area (Å²) in [5, 5.41) is 7.19. The van der Waals surface area contributed by atoms with E-state index in [0.717, 1.165) is 57.3 Å². The number of anilines is 1. The highest BCUT2D eigenvalue weighted by Crippen LogP contribution is 2.15. The van der Waals surface area contributed by atoms with E-state index in [-0.39, 0.29) is 0 Å². The van der Waals surface area contributed by atoms with Crippen molar-refractivity contribution in [3.63, 3.8) is 0 Å². The number of hydrazine groups is 1. The maximum atomic E-state index is 5.41. The van der Waals surface area contributed by atoms with Gasteiger partial charge in [-0.3, -0.25) is 15.8 Å². The molecular weight excluding hydrogens is 370 g/mol. The van der Waals surface area contributed by atoms with Crippen molar-refractivity contribution in [2.24, 2.45) is 0 Å². The Hall–Kier alpha value is -1.68. The van der Waals surface area contributed by atoms with Crippen LogP contribution in [-0.2, 0) is 4.74 Å². The standard InChI is InChI=1S/C17H27N5O2S2/c1-2-24-15-6-4-14(5-7-15)19-17(26)21-20-16(25)18-8-3-9-22-10-12-23-13-11-22/h4-7H,2-3,8-13H2,1H3,(H2,18,20,25)(H2,19,21,26). The summed E-state index contributed by atoms with van der Waals surface area (Å²) in [6, 6.07) is 7.59. The highest BCUT2D eigenvalue weighted by atomic mass is 32.1. The summed E-state index contributed by atoms with van der Waals surface area (Å²) in [7, 11) is 0. The number of rotatable bonds is 7. The molecule has 4 N–H and O–H groups in total. The molecule has 1 fully saturated rings.